The van der Waals surface area contributed by atoms with Crippen molar-refractivity contribution < 1.29 is 23.8 Å². The van der Waals surface area contributed by atoms with Crippen molar-refractivity contribution >= 4 is 40.2 Å². The molecule has 7 nitrogen and oxygen atoms in total. The van der Waals surface area contributed by atoms with Crippen molar-refractivity contribution in [3.8, 4) is 11.5 Å². The molecule has 0 saturated carbocycles. The van der Waals surface area contributed by atoms with Gasteiger partial charge < -0.3 is 14.2 Å². The van der Waals surface area contributed by atoms with Gasteiger partial charge in [-0.05, 0) is 60.3 Å². The first-order valence-corrected chi connectivity index (χ1v) is 9.06. The normalized spacial score (nSPS) is 16.5. The van der Waals surface area contributed by atoms with E-state index in [2.05, 4.69) is 9.73 Å². The first-order chi connectivity index (χ1) is 13.5. The van der Waals surface area contributed by atoms with E-state index >= 15 is 0 Å². The highest BCUT2D eigenvalue weighted by molar-refractivity contribution is 8.19. The van der Waals surface area contributed by atoms with E-state index in [0.717, 1.165) is 11.8 Å². The van der Waals surface area contributed by atoms with E-state index in [9.17, 15) is 9.59 Å². The van der Waals surface area contributed by atoms with Gasteiger partial charge in [0.1, 0.15) is 11.5 Å². The van der Waals surface area contributed by atoms with Gasteiger partial charge in [0, 0.05) is 6.08 Å². The number of thioether (sulfide) groups is 1. The molecule has 1 fully saturated rings. The Labute approximate surface area is 166 Å². The zero-order valence-electron chi connectivity index (χ0n) is 15.5. The standard InChI is InChI=1S/C20H18N2O5S/c1-25-15-8-4-13(5-9-15)21-20-22(14-6-10-16(26-2)11-7-14)19(24)17(28-20)12-18(23)27-3/h4-12H,1-3H3/b17-12+,21-20?. The van der Waals surface area contributed by atoms with Gasteiger partial charge in [0.25, 0.3) is 5.91 Å². The number of esters is 1. The summed E-state index contributed by atoms with van der Waals surface area (Å²) in [5, 5.41) is 0.426. The molecule has 0 unspecified atom stereocenters. The molecule has 3 rings (SSSR count). The molecule has 0 bridgehead atoms. The number of hydrogen-bond donors (Lipinski definition) is 0. The number of aliphatic imine (C=N–C) groups is 1. The number of carbonyl (C=O) groups excluding carboxylic acids is 2. The number of anilines is 1. The van der Waals surface area contributed by atoms with Crippen molar-refractivity contribution in [2.45, 2.75) is 0 Å². The van der Waals surface area contributed by atoms with Crippen LogP contribution < -0.4 is 14.4 Å². The van der Waals surface area contributed by atoms with E-state index in [-0.39, 0.29) is 10.8 Å². The van der Waals surface area contributed by atoms with Gasteiger partial charge in [-0.2, -0.15) is 0 Å². The lowest BCUT2D eigenvalue weighted by Gasteiger charge is -2.16. The van der Waals surface area contributed by atoms with Crippen LogP contribution in [0.15, 0.2) is 64.5 Å². The molecule has 144 valence electrons. The summed E-state index contributed by atoms with van der Waals surface area (Å²) in [6.45, 7) is 0. The SMILES string of the molecule is COC(=O)/C=C1/SC(=Nc2ccc(OC)cc2)N(c2ccc(OC)cc2)C1=O. The third-order valence-electron chi connectivity index (χ3n) is 3.88. The van der Waals surface area contributed by atoms with Gasteiger partial charge >= 0.3 is 5.97 Å². The second-order valence-electron chi connectivity index (χ2n) is 5.56. The summed E-state index contributed by atoms with van der Waals surface area (Å²) in [5.41, 5.74) is 1.26. The van der Waals surface area contributed by atoms with Gasteiger partial charge in [0.05, 0.1) is 37.6 Å². The third kappa shape index (κ3) is 4.17. The van der Waals surface area contributed by atoms with Crippen LogP contribution in [0.5, 0.6) is 11.5 Å². The van der Waals surface area contributed by atoms with E-state index < -0.39 is 5.97 Å². The van der Waals surface area contributed by atoms with Gasteiger partial charge in [-0.3, -0.25) is 9.69 Å². The van der Waals surface area contributed by atoms with E-state index in [4.69, 9.17) is 9.47 Å². The summed E-state index contributed by atoms with van der Waals surface area (Å²) in [4.78, 5) is 30.8. The van der Waals surface area contributed by atoms with Crippen LogP contribution in [0.3, 0.4) is 0 Å². The molecule has 0 aliphatic carbocycles. The van der Waals surface area contributed by atoms with Crippen LogP contribution in [0.2, 0.25) is 0 Å². The number of amidine groups is 1. The topological polar surface area (TPSA) is 77.4 Å². The molecule has 1 aliphatic heterocycles. The summed E-state index contributed by atoms with van der Waals surface area (Å²) < 4.78 is 15.0. The maximum Gasteiger partial charge on any atom is 0.331 e. The smallest absolute Gasteiger partial charge is 0.331 e. The quantitative estimate of drug-likeness (QED) is 0.566. The fourth-order valence-corrected chi connectivity index (χ4v) is 3.40. The van der Waals surface area contributed by atoms with Gasteiger partial charge in [0.15, 0.2) is 5.17 Å². The molecule has 1 amide bonds. The average Bonchev–Trinajstić information content (AvgIpc) is 3.03. The summed E-state index contributed by atoms with van der Waals surface area (Å²) in [6.07, 6.45) is 1.17. The minimum atomic E-state index is -0.601. The molecule has 0 aromatic heterocycles. The van der Waals surface area contributed by atoms with Crippen molar-refractivity contribution in [1.29, 1.82) is 0 Å². The molecule has 1 heterocycles. The molecule has 0 N–H and O–H groups in total. The Hall–Kier alpha value is -3.26. The second kappa shape index (κ2) is 8.62. The number of hydrogen-bond acceptors (Lipinski definition) is 7. The summed E-state index contributed by atoms with van der Waals surface area (Å²) in [5.74, 6) is 0.420. The summed E-state index contributed by atoms with van der Waals surface area (Å²) in [7, 11) is 4.42. The average molecular weight is 398 g/mol. The molecule has 0 spiro atoms. The van der Waals surface area contributed by atoms with Crippen molar-refractivity contribution in [3.05, 3.63) is 59.5 Å². The first-order valence-electron chi connectivity index (χ1n) is 8.24. The number of ether oxygens (including phenoxy) is 3. The van der Waals surface area contributed by atoms with Crippen molar-refractivity contribution in [3.63, 3.8) is 0 Å². The second-order valence-corrected chi connectivity index (χ2v) is 6.57. The number of amides is 1. The highest BCUT2D eigenvalue weighted by atomic mass is 32.2. The fraction of sp³-hybridized carbons (Fsp3) is 0.150. The van der Waals surface area contributed by atoms with Gasteiger partial charge in [0.2, 0.25) is 0 Å². The Balaban J connectivity index is 2.01. The van der Waals surface area contributed by atoms with Crippen LogP contribution in [-0.4, -0.2) is 38.4 Å². The number of methoxy groups -OCH3 is 3. The fourth-order valence-electron chi connectivity index (χ4n) is 2.44. The van der Waals surface area contributed by atoms with Crippen LogP contribution in [-0.2, 0) is 14.3 Å². The monoisotopic (exact) mass is 398 g/mol. The van der Waals surface area contributed by atoms with Gasteiger partial charge in [-0.25, -0.2) is 9.79 Å². The van der Waals surface area contributed by atoms with Crippen molar-refractivity contribution in [2.75, 3.05) is 26.2 Å². The largest absolute Gasteiger partial charge is 0.497 e. The predicted molar refractivity (Wildman–Crippen MR) is 108 cm³/mol. The molecule has 2 aromatic carbocycles. The summed E-state index contributed by atoms with van der Waals surface area (Å²) in [6, 6.07) is 14.1. The van der Waals surface area contributed by atoms with Crippen molar-refractivity contribution in [2.24, 2.45) is 4.99 Å². The number of benzene rings is 2. The molecule has 0 atom stereocenters. The van der Waals surface area contributed by atoms with Gasteiger partial charge in [-0.15, -0.1) is 0 Å². The number of carbonyl (C=O) groups is 2. The Kier molecular flexibility index (Phi) is 6.00. The van der Waals surface area contributed by atoms with E-state index in [1.165, 1.54) is 18.1 Å². The molecule has 0 radical (unpaired) electrons. The van der Waals surface area contributed by atoms with Gasteiger partial charge in [-0.1, -0.05) is 0 Å². The highest BCUT2D eigenvalue weighted by Crippen LogP contribution is 2.37. The zero-order chi connectivity index (χ0) is 20.1. The lowest BCUT2D eigenvalue weighted by Crippen LogP contribution is -2.28. The van der Waals surface area contributed by atoms with E-state index in [1.807, 2.05) is 0 Å². The van der Waals surface area contributed by atoms with Crippen LogP contribution in [0.4, 0.5) is 11.4 Å². The van der Waals surface area contributed by atoms with Crippen LogP contribution in [0.1, 0.15) is 0 Å². The zero-order valence-corrected chi connectivity index (χ0v) is 16.4. The van der Waals surface area contributed by atoms with E-state index in [0.29, 0.717) is 28.0 Å². The first kappa shape index (κ1) is 19.5. The van der Waals surface area contributed by atoms with Crippen LogP contribution in [0.25, 0.3) is 0 Å². The van der Waals surface area contributed by atoms with Crippen LogP contribution in [0, 0.1) is 0 Å². The van der Waals surface area contributed by atoms with E-state index in [1.54, 1.807) is 62.8 Å². The molecule has 1 aliphatic rings. The Morgan fingerprint density at radius 1 is 0.964 bits per heavy atom. The maximum absolute atomic E-state index is 12.9. The molecule has 28 heavy (non-hydrogen) atoms. The Bertz CT molecular complexity index is 936. The third-order valence-corrected chi connectivity index (χ3v) is 4.85. The Morgan fingerprint density at radius 2 is 1.54 bits per heavy atom. The molecule has 1 saturated heterocycles. The molecular weight excluding hydrogens is 380 g/mol. The number of rotatable bonds is 5. The minimum absolute atomic E-state index is 0.231. The molecular formula is C20H18N2O5S. The lowest BCUT2D eigenvalue weighted by molar-refractivity contribution is -0.135. The minimum Gasteiger partial charge on any atom is -0.497 e. The maximum atomic E-state index is 12.9. The predicted octanol–water partition coefficient (Wildman–Crippen LogP) is 3.53. The number of nitrogens with zero attached hydrogens (tertiary/aromatic N) is 2. The highest BCUT2D eigenvalue weighted by Gasteiger charge is 2.35. The molecule has 2 aromatic rings. The van der Waals surface area contributed by atoms with Crippen LogP contribution >= 0.6 is 11.8 Å². The van der Waals surface area contributed by atoms with Crippen molar-refractivity contribution in [1.82, 2.24) is 0 Å². The Morgan fingerprint density at radius 3 is 2.07 bits per heavy atom. The lowest BCUT2D eigenvalue weighted by atomic mass is 10.2. The summed E-state index contributed by atoms with van der Waals surface area (Å²) >= 11 is 1.10. The molecule has 8 heteroatoms.